The fourth-order valence-electron chi connectivity index (χ4n) is 3.02. The summed E-state index contributed by atoms with van der Waals surface area (Å²) in [5.41, 5.74) is 0.979. The van der Waals surface area contributed by atoms with Crippen LogP contribution in [-0.4, -0.2) is 73.5 Å². The van der Waals surface area contributed by atoms with Crippen LogP contribution in [-0.2, 0) is 11.3 Å². The molecule has 1 aliphatic heterocycles. The summed E-state index contributed by atoms with van der Waals surface area (Å²) in [4.78, 5) is 24.5. The molecule has 0 bridgehead atoms. The van der Waals surface area contributed by atoms with Crippen molar-refractivity contribution >= 4 is 35.8 Å². The summed E-state index contributed by atoms with van der Waals surface area (Å²) >= 11 is 0. The molecule has 8 nitrogen and oxygen atoms in total. The SMILES string of the molecule is CCNC(=NCC(=O)N(C)C)NCC1CCN(Cc2nc(C)c(C)o2)CC1.I. The van der Waals surface area contributed by atoms with Crippen LogP contribution in [0, 0.1) is 19.8 Å². The van der Waals surface area contributed by atoms with Gasteiger partial charge >= 0.3 is 0 Å². The molecule has 0 radical (unpaired) electrons. The van der Waals surface area contributed by atoms with Crippen molar-refractivity contribution in [3.63, 3.8) is 0 Å². The molecule has 0 atom stereocenters. The number of nitrogens with zero attached hydrogens (tertiary/aromatic N) is 4. The molecule has 160 valence electrons. The van der Waals surface area contributed by atoms with Crippen LogP contribution in [0.2, 0.25) is 0 Å². The Bertz CT molecular complexity index is 619. The maximum Gasteiger partial charge on any atom is 0.243 e. The molecule has 1 aromatic heterocycles. The molecule has 0 spiro atoms. The zero-order valence-electron chi connectivity index (χ0n) is 17.7. The summed E-state index contributed by atoms with van der Waals surface area (Å²) in [5.74, 6) is 3.03. The van der Waals surface area contributed by atoms with Gasteiger partial charge in [0.05, 0.1) is 12.2 Å². The summed E-state index contributed by atoms with van der Waals surface area (Å²) in [7, 11) is 3.49. The average molecular weight is 506 g/mol. The van der Waals surface area contributed by atoms with Crippen molar-refractivity contribution < 1.29 is 9.21 Å². The number of hydrogen-bond donors (Lipinski definition) is 2. The Morgan fingerprint density at radius 3 is 2.50 bits per heavy atom. The van der Waals surface area contributed by atoms with E-state index in [1.54, 1.807) is 19.0 Å². The number of halogens is 1. The molecule has 1 saturated heterocycles. The second-order valence-corrected chi connectivity index (χ2v) is 7.33. The van der Waals surface area contributed by atoms with Crippen LogP contribution in [0.1, 0.15) is 37.1 Å². The Labute approximate surface area is 185 Å². The van der Waals surface area contributed by atoms with E-state index in [0.29, 0.717) is 11.9 Å². The number of carbonyl (C=O) groups excluding carboxylic acids is 1. The van der Waals surface area contributed by atoms with Crippen molar-refractivity contribution in [2.24, 2.45) is 10.9 Å². The first-order valence-electron chi connectivity index (χ1n) is 9.76. The van der Waals surface area contributed by atoms with Crippen molar-refractivity contribution in [1.82, 2.24) is 25.4 Å². The monoisotopic (exact) mass is 506 g/mol. The fraction of sp³-hybridized carbons (Fsp3) is 0.737. The van der Waals surface area contributed by atoms with E-state index in [0.717, 1.165) is 62.9 Å². The van der Waals surface area contributed by atoms with E-state index in [4.69, 9.17) is 4.42 Å². The molecule has 1 fully saturated rings. The average Bonchev–Trinajstić information content (AvgIpc) is 2.95. The van der Waals surface area contributed by atoms with Gasteiger partial charge in [-0.05, 0) is 52.6 Å². The van der Waals surface area contributed by atoms with Crippen molar-refractivity contribution in [2.75, 3.05) is 46.8 Å². The van der Waals surface area contributed by atoms with Crippen LogP contribution in [0.5, 0.6) is 0 Å². The lowest BCUT2D eigenvalue weighted by Gasteiger charge is -2.31. The highest BCUT2D eigenvalue weighted by Crippen LogP contribution is 2.19. The number of amides is 1. The number of oxazole rings is 1. The maximum atomic E-state index is 11.7. The quantitative estimate of drug-likeness (QED) is 0.333. The smallest absolute Gasteiger partial charge is 0.243 e. The Balaban J connectivity index is 0.00000392. The van der Waals surface area contributed by atoms with Gasteiger partial charge in [0.15, 0.2) is 5.96 Å². The van der Waals surface area contributed by atoms with Crippen LogP contribution in [0.15, 0.2) is 9.41 Å². The molecule has 1 amide bonds. The van der Waals surface area contributed by atoms with Gasteiger partial charge < -0.3 is 20.0 Å². The first kappa shape index (κ1) is 24.7. The van der Waals surface area contributed by atoms with E-state index in [2.05, 4.69) is 25.5 Å². The topological polar surface area (TPSA) is 86.0 Å². The summed E-state index contributed by atoms with van der Waals surface area (Å²) < 4.78 is 5.69. The van der Waals surface area contributed by atoms with E-state index in [9.17, 15) is 4.79 Å². The highest BCUT2D eigenvalue weighted by atomic mass is 127. The minimum absolute atomic E-state index is 0. The Morgan fingerprint density at radius 2 is 1.96 bits per heavy atom. The maximum absolute atomic E-state index is 11.7. The lowest BCUT2D eigenvalue weighted by atomic mass is 9.97. The largest absolute Gasteiger partial charge is 0.444 e. The van der Waals surface area contributed by atoms with Crippen LogP contribution in [0.25, 0.3) is 0 Å². The molecule has 2 N–H and O–H groups in total. The van der Waals surface area contributed by atoms with Crippen molar-refractivity contribution in [3.8, 4) is 0 Å². The first-order chi connectivity index (χ1) is 12.9. The molecule has 1 aliphatic rings. The number of aromatic nitrogens is 1. The van der Waals surface area contributed by atoms with Crippen LogP contribution in [0.4, 0.5) is 0 Å². The molecule has 1 aromatic rings. The summed E-state index contributed by atoms with van der Waals surface area (Å²) in [5, 5.41) is 6.58. The molecular formula is C19H35IN6O2. The summed E-state index contributed by atoms with van der Waals surface area (Å²) in [6.45, 7) is 10.6. The molecule has 0 aromatic carbocycles. The van der Waals surface area contributed by atoms with Gasteiger partial charge in [0.2, 0.25) is 11.8 Å². The number of aliphatic imine (C=N–C) groups is 1. The number of likely N-dealkylation sites (N-methyl/N-ethyl adjacent to an activating group) is 1. The summed E-state index contributed by atoms with van der Waals surface area (Å²) in [6.07, 6.45) is 2.25. The normalized spacial score (nSPS) is 15.8. The predicted octanol–water partition coefficient (Wildman–Crippen LogP) is 1.76. The molecule has 2 rings (SSSR count). The van der Waals surface area contributed by atoms with E-state index < -0.39 is 0 Å². The second kappa shape index (κ2) is 12.3. The van der Waals surface area contributed by atoms with Gasteiger partial charge in [-0.1, -0.05) is 0 Å². The number of carbonyl (C=O) groups is 1. The van der Waals surface area contributed by atoms with Gasteiger partial charge in [-0.15, -0.1) is 24.0 Å². The molecule has 9 heteroatoms. The first-order valence-corrected chi connectivity index (χ1v) is 9.76. The molecule has 2 heterocycles. The van der Waals surface area contributed by atoms with Crippen molar-refractivity contribution in [2.45, 2.75) is 40.2 Å². The Hall–Kier alpha value is -1.36. The van der Waals surface area contributed by atoms with Crippen LogP contribution < -0.4 is 10.6 Å². The third kappa shape index (κ3) is 7.94. The van der Waals surface area contributed by atoms with E-state index in [1.165, 1.54) is 0 Å². The zero-order chi connectivity index (χ0) is 19.8. The predicted molar refractivity (Wildman–Crippen MR) is 122 cm³/mol. The molecule has 0 unspecified atom stereocenters. The zero-order valence-corrected chi connectivity index (χ0v) is 20.1. The molecular weight excluding hydrogens is 471 g/mol. The van der Waals surface area contributed by atoms with E-state index in [1.807, 2.05) is 20.8 Å². The van der Waals surface area contributed by atoms with E-state index >= 15 is 0 Å². The summed E-state index contributed by atoms with van der Waals surface area (Å²) in [6, 6.07) is 0. The van der Waals surface area contributed by atoms with Gasteiger partial charge in [-0.3, -0.25) is 9.69 Å². The Morgan fingerprint density at radius 1 is 1.29 bits per heavy atom. The number of rotatable bonds is 7. The molecule has 0 saturated carbocycles. The highest BCUT2D eigenvalue weighted by Gasteiger charge is 2.21. The minimum atomic E-state index is -0.00230. The standard InChI is InChI=1S/C19H34N6O2.HI/c1-6-20-19(22-12-18(26)24(4)5)21-11-16-7-9-25(10-8-16)13-17-23-14(2)15(3)27-17;/h16H,6-13H2,1-5H3,(H2,20,21,22);1H. The number of piperidine rings is 1. The highest BCUT2D eigenvalue weighted by molar-refractivity contribution is 14.0. The van der Waals surface area contributed by atoms with Crippen molar-refractivity contribution in [1.29, 1.82) is 0 Å². The Kier molecular flexibility index (Phi) is 10.8. The molecule has 28 heavy (non-hydrogen) atoms. The number of likely N-dealkylation sites (tertiary alicyclic amines) is 1. The second-order valence-electron chi connectivity index (χ2n) is 7.33. The number of aryl methyl sites for hydroxylation is 2. The van der Waals surface area contributed by atoms with Gasteiger partial charge in [-0.25, -0.2) is 9.98 Å². The van der Waals surface area contributed by atoms with Gasteiger partial charge in [-0.2, -0.15) is 0 Å². The number of guanidine groups is 1. The number of nitrogens with one attached hydrogen (secondary N) is 2. The third-order valence-electron chi connectivity index (χ3n) is 4.91. The molecule has 0 aliphatic carbocycles. The number of hydrogen-bond acceptors (Lipinski definition) is 5. The third-order valence-corrected chi connectivity index (χ3v) is 4.91. The van der Waals surface area contributed by atoms with Crippen LogP contribution >= 0.6 is 24.0 Å². The van der Waals surface area contributed by atoms with Gasteiger partial charge in [0.25, 0.3) is 0 Å². The van der Waals surface area contributed by atoms with Gasteiger partial charge in [0.1, 0.15) is 12.3 Å². The van der Waals surface area contributed by atoms with Crippen molar-refractivity contribution in [3.05, 3.63) is 17.3 Å². The fourth-order valence-corrected chi connectivity index (χ4v) is 3.02. The van der Waals surface area contributed by atoms with Gasteiger partial charge in [0, 0.05) is 27.2 Å². The lowest BCUT2D eigenvalue weighted by molar-refractivity contribution is -0.127. The van der Waals surface area contributed by atoms with E-state index in [-0.39, 0.29) is 36.4 Å². The van der Waals surface area contributed by atoms with Crippen LogP contribution in [0.3, 0.4) is 0 Å². The minimum Gasteiger partial charge on any atom is -0.444 e. The lowest BCUT2D eigenvalue weighted by Crippen LogP contribution is -2.43.